The molecule has 1 aromatic carbocycles. The monoisotopic (exact) mass is 385 g/mol. The van der Waals surface area contributed by atoms with Crippen LogP contribution in [0.1, 0.15) is 16.9 Å². The van der Waals surface area contributed by atoms with Crippen molar-refractivity contribution in [2.24, 2.45) is 0 Å². The minimum atomic E-state index is -0.774. The SMILES string of the molecule is Cc1c(-c2cc3cc(OCc4oc(=O)[nH]c4O)ccc3o2)oc(=O)c(C)c1O. The normalized spacial score (nSPS) is 11.2. The van der Waals surface area contributed by atoms with Crippen LogP contribution in [0.5, 0.6) is 17.4 Å². The van der Waals surface area contributed by atoms with Crippen LogP contribution in [0.3, 0.4) is 0 Å². The number of hydrogen-bond acceptors (Lipinski definition) is 8. The molecule has 0 unspecified atom stereocenters. The first-order valence-corrected chi connectivity index (χ1v) is 8.24. The molecule has 9 nitrogen and oxygen atoms in total. The number of aromatic nitrogens is 1. The van der Waals surface area contributed by atoms with Crippen molar-refractivity contribution in [1.29, 1.82) is 0 Å². The van der Waals surface area contributed by atoms with Gasteiger partial charge in [0.2, 0.25) is 11.6 Å². The Morgan fingerprint density at radius 3 is 2.54 bits per heavy atom. The van der Waals surface area contributed by atoms with Gasteiger partial charge in [0.05, 0.1) is 5.56 Å². The first-order valence-electron chi connectivity index (χ1n) is 8.24. The molecular weight excluding hydrogens is 370 g/mol. The van der Waals surface area contributed by atoms with E-state index in [1.807, 2.05) is 0 Å². The fraction of sp³-hybridized carbons (Fsp3) is 0.158. The average molecular weight is 385 g/mol. The van der Waals surface area contributed by atoms with Gasteiger partial charge in [0.25, 0.3) is 0 Å². The van der Waals surface area contributed by atoms with Crippen LogP contribution in [0.4, 0.5) is 0 Å². The number of rotatable bonds is 4. The van der Waals surface area contributed by atoms with E-state index in [1.165, 1.54) is 6.92 Å². The van der Waals surface area contributed by atoms with E-state index in [2.05, 4.69) is 4.98 Å². The number of furan rings is 1. The number of aromatic hydroxyl groups is 2. The number of aromatic amines is 1. The summed E-state index contributed by atoms with van der Waals surface area (Å²) >= 11 is 0. The predicted molar refractivity (Wildman–Crippen MR) is 96.7 cm³/mol. The van der Waals surface area contributed by atoms with Gasteiger partial charge in [-0.1, -0.05) is 0 Å². The summed E-state index contributed by atoms with van der Waals surface area (Å²) in [6.07, 6.45) is 0. The standard InChI is InChI=1S/C19H15NO8/c1-8-15(21)9(2)18(23)28-16(8)13-6-10-5-11(3-4-12(10)26-13)25-7-14-17(22)20-19(24)27-14/h3-6,21-22H,7H2,1-2H3,(H,20,24). The van der Waals surface area contributed by atoms with E-state index in [0.29, 0.717) is 22.3 Å². The van der Waals surface area contributed by atoms with Gasteiger partial charge in [-0.05, 0) is 38.1 Å². The predicted octanol–water partition coefficient (Wildman–Crippen LogP) is 2.94. The zero-order valence-electron chi connectivity index (χ0n) is 14.9. The van der Waals surface area contributed by atoms with E-state index in [1.54, 1.807) is 31.2 Å². The van der Waals surface area contributed by atoms with Crippen molar-refractivity contribution in [2.75, 3.05) is 0 Å². The second kappa shape index (κ2) is 6.38. The summed E-state index contributed by atoms with van der Waals surface area (Å²) in [5.74, 6) is -0.454. The first kappa shape index (κ1) is 17.5. The summed E-state index contributed by atoms with van der Waals surface area (Å²) in [6, 6.07) is 6.61. The maximum absolute atomic E-state index is 11.9. The molecule has 0 aliphatic heterocycles. The molecule has 0 amide bonds. The van der Waals surface area contributed by atoms with Crippen LogP contribution in [0.15, 0.2) is 47.1 Å². The summed E-state index contributed by atoms with van der Waals surface area (Å²) in [4.78, 5) is 25.0. The highest BCUT2D eigenvalue weighted by molar-refractivity contribution is 5.84. The number of oxazole rings is 1. The van der Waals surface area contributed by atoms with Gasteiger partial charge >= 0.3 is 11.4 Å². The van der Waals surface area contributed by atoms with Crippen LogP contribution < -0.4 is 16.1 Å². The van der Waals surface area contributed by atoms with Crippen molar-refractivity contribution in [2.45, 2.75) is 20.5 Å². The molecule has 0 saturated heterocycles. The Hall–Kier alpha value is -3.88. The van der Waals surface area contributed by atoms with Gasteiger partial charge in [0.15, 0.2) is 18.1 Å². The molecule has 0 bridgehead atoms. The number of hydrogen-bond donors (Lipinski definition) is 3. The Labute approximate surface area is 156 Å². The lowest BCUT2D eigenvalue weighted by Gasteiger charge is -2.05. The van der Waals surface area contributed by atoms with E-state index in [0.717, 1.165) is 0 Å². The quantitative estimate of drug-likeness (QED) is 0.487. The lowest BCUT2D eigenvalue weighted by molar-refractivity contribution is 0.258. The Bertz CT molecular complexity index is 1300. The van der Waals surface area contributed by atoms with E-state index in [9.17, 15) is 19.8 Å². The highest BCUT2D eigenvalue weighted by Gasteiger charge is 2.18. The van der Waals surface area contributed by atoms with E-state index >= 15 is 0 Å². The average Bonchev–Trinajstić information content (AvgIpc) is 3.22. The highest BCUT2D eigenvalue weighted by Crippen LogP contribution is 2.34. The maximum atomic E-state index is 11.9. The molecule has 0 aliphatic rings. The topological polar surface area (TPSA) is 139 Å². The molecule has 4 aromatic rings. The van der Waals surface area contributed by atoms with Gasteiger partial charge in [0, 0.05) is 10.9 Å². The van der Waals surface area contributed by atoms with Crippen LogP contribution in [-0.2, 0) is 6.61 Å². The van der Waals surface area contributed by atoms with Gasteiger partial charge in [-0.15, -0.1) is 0 Å². The Morgan fingerprint density at radius 1 is 1.04 bits per heavy atom. The Balaban J connectivity index is 1.66. The third-order valence-electron chi connectivity index (χ3n) is 4.33. The molecule has 0 spiro atoms. The van der Waals surface area contributed by atoms with Crippen molar-refractivity contribution >= 4 is 11.0 Å². The summed E-state index contributed by atoms with van der Waals surface area (Å²) in [7, 11) is 0. The summed E-state index contributed by atoms with van der Waals surface area (Å²) in [5, 5.41) is 20.2. The van der Waals surface area contributed by atoms with Crippen LogP contribution in [0, 0.1) is 13.8 Å². The zero-order chi connectivity index (χ0) is 20.0. The Kier molecular flexibility index (Phi) is 3.99. The summed E-state index contributed by atoms with van der Waals surface area (Å²) in [6.45, 7) is 2.95. The zero-order valence-corrected chi connectivity index (χ0v) is 14.9. The second-order valence-corrected chi connectivity index (χ2v) is 6.20. The number of benzene rings is 1. The van der Waals surface area contributed by atoms with Crippen molar-refractivity contribution in [1.82, 2.24) is 4.98 Å². The van der Waals surface area contributed by atoms with Crippen LogP contribution >= 0.6 is 0 Å². The number of H-pyrrole nitrogens is 1. The Morgan fingerprint density at radius 2 is 1.82 bits per heavy atom. The van der Waals surface area contributed by atoms with Gasteiger partial charge in [-0.2, -0.15) is 0 Å². The molecule has 0 atom stereocenters. The largest absolute Gasteiger partial charge is 0.507 e. The smallest absolute Gasteiger partial charge is 0.419 e. The number of ether oxygens (including phenoxy) is 1. The lowest BCUT2D eigenvalue weighted by atomic mass is 10.1. The van der Waals surface area contributed by atoms with Crippen molar-refractivity contribution < 1.29 is 28.2 Å². The molecule has 0 radical (unpaired) electrons. The van der Waals surface area contributed by atoms with E-state index < -0.39 is 11.4 Å². The second-order valence-electron chi connectivity index (χ2n) is 6.20. The minimum Gasteiger partial charge on any atom is -0.507 e. The molecule has 28 heavy (non-hydrogen) atoms. The van der Waals surface area contributed by atoms with Crippen molar-refractivity contribution in [3.63, 3.8) is 0 Å². The molecule has 3 N–H and O–H groups in total. The molecule has 0 fully saturated rings. The number of nitrogens with one attached hydrogen (secondary N) is 1. The van der Waals surface area contributed by atoms with Crippen molar-refractivity contribution in [3.8, 4) is 28.9 Å². The number of fused-ring (bicyclic) bond motifs is 1. The molecule has 0 saturated carbocycles. The molecule has 4 rings (SSSR count). The van der Waals surface area contributed by atoms with E-state index in [-0.39, 0.29) is 41.1 Å². The van der Waals surface area contributed by atoms with Gasteiger partial charge in [-0.3, -0.25) is 4.98 Å². The summed E-state index contributed by atoms with van der Waals surface area (Å²) < 4.78 is 21.3. The third kappa shape index (κ3) is 2.92. The van der Waals surface area contributed by atoms with Crippen molar-refractivity contribution in [3.05, 3.63) is 62.1 Å². The summed E-state index contributed by atoms with van der Waals surface area (Å²) in [5.41, 5.74) is 0.397. The third-order valence-corrected chi connectivity index (χ3v) is 4.33. The molecule has 0 aliphatic carbocycles. The molecule has 3 heterocycles. The van der Waals surface area contributed by atoms with Crippen LogP contribution in [0.2, 0.25) is 0 Å². The molecule has 144 valence electrons. The van der Waals surface area contributed by atoms with Gasteiger partial charge < -0.3 is 28.2 Å². The highest BCUT2D eigenvalue weighted by atomic mass is 16.5. The van der Waals surface area contributed by atoms with E-state index in [4.69, 9.17) is 18.0 Å². The van der Waals surface area contributed by atoms with Gasteiger partial charge in [-0.25, -0.2) is 9.59 Å². The molecule has 3 aromatic heterocycles. The maximum Gasteiger partial charge on any atom is 0.419 e. The fourth-order valence-corrected chi connectivity index (χ4v) is 2.79. The van der Waals surface area contributed by atoms with Crippen LogP contribution in [0.25, 0.3) is 22.5 Å². The first-order chi connectivity index (χ1) is 13.3. The van der Waals surface area contributed by atoms with Crippen LogP contribution in [-0.4, -0.2) is 15.2 Å². The molecule has 9 heteroatoms. The van der Waals surface area contributed by atoms with Gasteiger partial charge in [0.1, 0.15) is 17.1 Å². The lowest BCUT2D eigenvalue weighted by Crippen LogP contribution is -2.05. The fourth-order valence-electron chi connectivity index (χ4n) is 2.79. The molecular formula is C19H15NO8. The minimum absolute atomic E-state index is 0.0227.